The lowest BCUT2D eigenvalue weighted by molar-refractivity contribution is -0.138. The summed E-state index contributed by atoms with van der Waals surface area (Å²) in [7, 11) is 1.59. The van der Waals surface area contributed by atoms with Crippen LogP contribution in [-0.2, 0) is 14.3 Å². The molecule has 0 aliphatic heterocycles. The predicted octanol–water partition coefficient (Wildman–Crippen LogP) is 0.686. The normalized spacial score (nSPS) is 9.38. The smallest absolute Gasteiger partial charge is 0.434 e. The van der Waals surface area contributed by atoms with Gasteiger partial charge in [0.1, 0.15) is 0 Å². The molecule has 0 spiro atoms. The zero-order valence-electron chi connectivity index (χ0n) is 7.96. The van der Waals surface area contributed by atoms with Crippen LogP contribution in [0.2, 0.25) is 0 Å². The Morgan fingerprint density at radius 1 is 1.38 bits per heavy atom. The summed E-state index contributed by atoms with van der Waals surface area (Å²) in [5, 5.41) is 2.56. The molecule has 0 aliphatic carbocycles. The molecule has 0 amide bonds. The van der Waals surface area contributed by atoms with Gasteiger partial charge in [-0.1, -0.05) is 13.3 Å². The second-order valence-electron chi connectivity index (χ2n) is 2.46. The van der Waals surface area contributed by atoms with Crippen LogP contribution in [0.3, 0.4) is 0 Å². The number of esters is 1. The van der Waals surface area contributed by atoms with E-state index < -0.39 is 12.1 Å². The molecule has 0 aromatic rings. The number of hydrogen-bond donors (Lipinski definition) is 1. The molecule has 5 heteroatoms. The lowest BCUT2D eigenvalue weighted by atomic mass is 10.4. The van der Waals surface area contributed by atoms with Crippen molar-refractivity contribution in [3.05, 3.63) is 0 Å². The highest BCUT2D eigenvalue weighted by Gasteiger charge is 2.09. The van der Waals surface area contributed by atoms with Gasteiger partial charge in [0.15, 0.2) is 0 Å². The minimum Gasteiger partial charge on any atom is -0.434 e. The summed E-state index contributed by atoms with van der Waals surface area (Å²) < 4.78 is 8.86. The molecule has 0 radical (unpaired) electrons. The molecular formula is C8H15NO4. The summed E-state index contributed by atoms with van der Waals surface area (Å²) >= 11 is 0. The number of nitrogens with one attached hydrogen (secondary N) is 1. The largest absolute Gasteiger partial charge is 0.516 e. The van der Waals surface area contributed by atoms with Gasteiger partial charge >= 0.3 is 12.1 Å². The van der Waals surface area contributed by atoms with Gasteiger partial charge in [0.25, 0.3) is 0 Å². The maximum Gasteiger partial charge on any atom is 0.516 e. The van der Waals surface area contributed by atoms with Crippen LogP contribution in [0.1, 0.15) is 19.8 Å². The van der Waals surface area contributed by atoms with Crippen LogP contribution in [0.5, 0.6) is 0 Å². The van der Waals surface area contributed by atoms with Crippen molar-refractivity contribution >= 4 is 12.1 Å². The Morgan fingerprint density at radius 3 is 2.62 bits per heavy atom. The Labute approximate surface area is 77.4 Å². The topological polar surface area (TPSA) is 64.6 Å². The van der Waals surface area contributed by atoms with E-state index in [-0.39, 0.29) is 6.54 Å². The van der Waals surface area contributed by atoms with Gasteiger partial charge in [-0.2, -0.15) is 0 Å². The van der Waals surface area contributed by atoms with Crippen molar-refractivity contribution in [3.8, 4) is 0 Å². The molecule has 0 bridgehead atoms. The SMILES string of the molecule is CCCCOC(=O)OC(=O)CNC. The number of ether oxygens (including phenoxy) is 2. The van der Waals surface area contributed by atoms with E-state index in [1.165, 1.54) is 0 Å². The fourth-order valence-corrected chi connectivity index (χ4v) is 0.603. The van der Waals surface area contributed by atoms with E-state index in [2.05, 4.69) is 14.8 Å². The molecule has 0 aliphatic rings. The Balaban J connectivity index is 3.44. The molecular weight excluding hydrogens is 174 g/mol. The highest BCUT2D eigenvalue weighted by molar-refractivity contribution is 5.82. The highest BCUT2D eigenvalue weighted by Crippen LogP contribution is 1.91. The van der Waals surface area contributed by atoms with E-state index in [4.69, 9.17) is 0 Å². The van der Waals surface area contributed by atoms with Crippen LogP contribution in [0.15, 0.2) is 0 Å². The van der Waals surface area contributed by atoms with E-state index in [1.54, 1.807) is 7.05 Å². The van der Waals surface area contributed by atoms with Crippen molar-refractivity contribution < 1.29 is 19.1 Å². The summed E-state index contributed by atoms with van der Waals surface area (Å²) in [4.78, 5) is 21.4. The molecule has 0 aromatic carbocycles. The minimum absolute atomic E-state index is 0.00285. The summed E-state index contributed by atoms with van der Waals surface area (Å²) in [6.07, 6.45) is 0.779. The fourth-order valence-electron chi connectivity index (χ4n) is 0.603. The molecule has 0 aromatic heterocycles. The number of carbonyl (C=O) groups excluding carboxylic acids is 2. The lowest BCUT2D eigenvalue weighted by Gasteiger charge is -2.03. The van der Waals surface area contributed by atoms with Crippen LogP contribution in [0.25, 0.3) is 0 Å². The molecule has 1 N–H and O–H groups in total. The first-order valence-electron chi connectivity index (χ1n) is 4.22. The van der Waals surface area contributed by atoms with Crippen molar-refractivity contribution in [1.82, 2.24) is 5.32 Å². The molecule has 5 nitrogen and oxygen atoms in total. The van der Waals surface area contributed by atoms with Crippen LogP contribution >= 0.6 is 0 Å². The van der Waals surface area contributed by atoms with Gasteiger partial charge in [0, 0.05) is 0 Å². The molecule has 0 saturated carbocycles. The van der Waals surface area contributed by atoms with Gasteiger partial charge in [-0.3, -0.25) is 4.79 Å². The van der Waals surface area contributed by atoms with Crippen LogP contribution in [-0.4, -0.2) is 32.3 Å². The number of hydrogen-bond acceptors (Lipinski definition) is 5. The predicted molar refractivity (Wildman–Crippen MR) is 46.3 cm³/mol. The molecule has 0 unspecified atom stereocenters. The zero-order chi connectivity index (χ0) is 10.1. The van der Waals surface area contributed by atoms with E-state index >= 15 is 0 Å². The first-order valence-corrected chi connectivity index (χ1v) is 4.22. The molecule has 0 heterocycles. The Morgan fingerprint density at radius 2 is 2.08 bits per heavy atom. The van der Waals surface area contributed by atoms with Gasteiger partial charge in [-0.15, -0.1) is 0 Å². The summed E-state index contributed by atoms with van der Waals surface area (Å²) in [5.41, 5.74) is 0. The van der Waals surface area contributed by atoms with Crippen LogP contribution in [0.4, 0.5) is 4.79 Å². The lowest BCUT2D eigenvalue weighted by Crippen LogP contribution is -2.24. The summed E-state index contributed by atoms with van der Waals surface area (Å²) in [6, 6.07) is 0. The molecule has 13 heavy (non-hydrogen) atoms. The van der Waals surface area contributed by atoms with Crippen molar-refractivity contribution in [3.63, 3.8) is 0 Å². The third-order valence-corrected chi connectivity index (χ3v) is 1.24. The highest BCUT2D eigenvalue weighted by atomic mass is 16.7. The van der Waals surface area contributed by atoms with Gasteiger partial charge in [-0.25, -0.2) is 4.79 Å². The van der Waals surface area contributed by atoms with Gasteiger partial charge < -0.3 is 14.8 Å². The Hall–Kier alpha value is -1.10. The zero-order valence-corrected chi connectivity index (χ0v) is 7.96. The quantitative estimate of drug-likeness (QED) is 0.391. The third kappa shape index (κ3) is 7.27. The first-order chi connectivity index (χ1) is 6.20. The van der Waals surface area contributed by atoms with E-state index in [0.29, 0.717) is 6.61 Å². The van der Waals surface area contributed by atoms with Gasteiger partial charge in [0.2, 0.25) is 0 Å². The average Bonchev–Trinajstić information content (AvgIpc) is 2.05. The van der Waals surface area contributed by atoms with Crippen molar-refractivity contribution in [2.75, 3.05) is 20.2 Å². The van der Waals surface area contributed by atoms with Crippen molar-refractivity contribution in [2.45, 2.75) is 19.8 Å². The standard InChI is InChI=1S/C8H15NO4/c1-3-4-5-12-8(11)13-7(10)6-9-2/h9H,3-6H2,1-2H3. The van der Waals surface area contributed by atoms with E-state index in [9.17, 15) is 9.59 Å². The molecule has 0 saturated heterocycles. The van der Waals surface area contributed by atoms with Crippen LogP contribution < -0.4 is 5.32 Å². The second-order valence-corrected chi connectivity index (χ2v) is 2.46. The average molecular weight is 189 g/mol. The Bertz CT molecular complexity index is 170. The maximum absolute atomic E-state index is 10.7. The van der Waals surface area contributed by atoms with Gasteiger partial charge in [0.05, 0.1) is 13.2 Å². The first kappa shape index (κ1) is 11.9. The van der Waals surface area contributed by atoms with E-state index in [0.717, 1.165) is 12.8 Å². The number of unbranched alkanes of at least 4 members (excludes halogenated alkanes) is 1. The van der Waals surface area contributed by atoms with Crippen molar-refractivity contribution in [2.24, 2.45) is 0 Å². The maximum atomic E-state index is 10.7. The second kappa shape index (κ2) is 7.54. The summed E-state index contributed by atoms with van der Waals surface area (Å²) in [5.74, 6) is -0.635. The number of likely N-dealkylation sites (N-methyl/N-ethyl adjacent to an activating group) is 1. The molecule has 0 rings (SSSR count). The minimum atomic E-state index is -0.923. The van der Waals surface area contributed by atoms with Crippen LogP contribution in [0, 0.1) is 0 Å². The monoisotopic (exact) mass is 189 g/mol. The van der Waals surface area contributed by atoms with Crippen molar-refractivity contribution in [1.29, 1.82) is 0 Å². The fraction of sp³-hybridized carbons (Fsp3) is 0.750. The molecule has 0 fully saturated rings. The van der Waals surface area contributed by atoms with Gasteiger partial charge in [-0.05, 0) is 13.5 Å². The summed E-state index contributed by atoms with van der Waals surface area (Å²) in [6.45, 7) is 2.27. The number of rotatable bonds is 5. The third-order valence-electron chi connectivity index (χ3n) is 1.24. The van der Waals surface area contributed by atoms with E-state index in [1.807, 2.05) is 6.92 Å². The Kier molecular flexibility index (Phi) is 6.91. The number of carbonyl (C=O) groups is 2. The molecule has 0 atom stereocenters. The molecule has 76 valence electrons.